The van der Waals surface area contributed by atoms with Crippen molar-refractivity contribution in [2.24, 2.45) is 11.7 Å². The fraction of sp³-hybridized carbons (Fsp3) is 0.542. The summed E-state index contributed by atoms with van der Waals surface area (Å²) >= 11 is 0. The van der Waals surface area contributed by atoms with Gasteiger partial charge in [-0.15, -0.1) is 0 Å². The first-order valence-corrected chi connectivity index (χ1v) is 10.7. The number of para-hydroxylation sites is 1. The molecule has 0 spiro atoms. The first-order valence-electron chi connectivity index (χ1n) is 10.7. The molecule has 1 fully saturated rings. The van der Waals surface area contributed by atoms with Gasteiger partial charge in [-0.3, -0.25) is 4.79 Å². The minimum absolute atomic E-state index is 0.349. The van der Waals surface area contributed by atoms with Crippen LogP contribution in [0.25, 0.3) is 11.1 Å². The zero-order valence-corrected chi connectivity index (χ0v) is 17.6. The van der Waals surface area contributed by atoms with Crippen molar-refractivity contribution in [3.63, 3.8) is 0 Å². The molecule has 28 heavy (non-hydrogen) atoms. The van der Waals surface area contributed by atoms with E-state index in [1.54, 1.807) is 7.11 Å². The number of rotatable bonds is 8. The molecule has 0 bridgehead atoms. The highest BCUT2D eigenvalue weighted by Crippen LogP contribution is 2.39. The van der Waals surface area contributed by atoms with Crippen LogP contribution in [0.5, 0.6) is 5.75 Å². The smallest absolute Gasteiger partial charge is 0.251 e. The minimum Gasteiger partial charge on any atom is -0.496 e. The van der Waals surface area contributed by atoms with Crippen LogP contribution in [0.2, 0.25) is 0 Å². The molecule has 0 unspecified atom stereocenters. The van der Waals surface area contributed by atoms with Gasteiger partial charge in [0, 0.05) is 29.1 Å². The highest BCUT2D eigenvalue weighted by molar-refractivity contribution is 6.03. The van der Waals surface area contributed by atoms with Crippen molar-refractivity contribution in [2.75, 3.05) is 7.11 Å². The van der Waals surface area contributed by atoms with Crippen LogP contribution in [0.15, 0.2) is 24.3 Å². The molecule has 2 N–H and O–H groups in total. The molecule has 1 aromatic heterocycles. The summed E-state index contributed by atoms with van der Waals surface area (Å²) in [7, 11) is 1.68. The first kappa shape index (κ1) is 20.5. The highest BCUT2D eigenvalue weighted by Gasteiger charge is 2.27. The van der Waals surface area contributed by atoms with E-state index in [0.29, 0.717) is 11.5 Å². The number of amides is 1. The van der Waals surface area contributed by atoms with Crippen molar-refractivity contribution in [3.8, 4) is 16.9 Å². The SMILES string of the molecule is CCCCc1c(-c2ccccc2OC)c(C(N)=O)c(C)n1CC1CCCCC1. The summed E-state index contributed by atoms with van der Waals surface area (Å²) in [6.07, 6.45) is 9.70. The lowest BCUT2D eigenvalue weighted by atomic mass is 9.89. The molecule has 1 aliphatic rings. The average Bonchev–Trinajstić information content (AvgIpc) is 2.98. The maximum absolute atomic E-state index is 12.5. The Morgan fingerprint density at radius 3 is 2.57 bits per heavy atom. The van der Waals surface area contributed by atoms with E-state index in [1.807, 2.05) is 24.3 Å². The summed E-state index contributed by atoms with van der Waals surface area (Å²) in [4.78, 5) is 12.5. The van der Waals surface area contributed by atoms with Gasteiger partial charge in [-0.05, 0) is 44.6 Å². The molecule has 1 amide bonds. The number of hydrogen-bond acceptors (Lipinski definition) is 2. The van der Waals surface area contributed by atoms with Crippen LogP contribution in [0.1, 0.15) is 73.6 Å². The van der Waals surface area contributed by atoms with Crippen molar-refractivity contribution in [1.82, 2.24) is 4.57 Å². The Morgan fingerprint density at radius 2 is 1.93 bits per heavy atom. The van der Waals surface area contributed by atoms with Crippen LogP contribution in [-0.4, -0.2) is 17.6 Å². The van der Waals surface area contributed by atoms with Gasteiger partial charge in [0.05, 0.1) is 12.7 Å². The number of unbranched alkanes of at least 4 members (excludes halogenated alkanes) is 1. The van der Waals surface area contributed by atoms with Gasteiger partial charge in [-0.25, -0.2) is 0 Å². The Hall–Kier alpha value is -2.23. The Labute approximate surface area is 169 Å². The highest BCUT2D eigenvalue weighted by atomic mass is 16.5. The number of aromatic nitrogens is 1. The second-order valence-corrected chi connectivity index (χ2v) is 8.06. The van der Waals surface area contributed by atoms with Crippen molar-refractivity contribution in [2.45, 2.75) is 71.8 Å². The molecule has 1 aromatic carbocycles. The van der Waals surface area contributed by atoms with Crippen molar-refractivity contribution in [1.29, 1.82) is 0 Å². The quantitative estimate of drug-likeness (QED) is 0.656. The van der Waals surface area contributed by atoms with Crippen LogP contribution in [0, 0.1) is 12.8 Å². The van der Waals surface area contributed by atoms with Gasteiger partial charge in [0.15, 0.2) is 0 Å². The van der Waals surface area contributed by atoms with Gasteiger partial charge in [0.1, 0.15) is 5.75 Å². The number of hydrogen-bond donors (Lipinski definition) is 1. The molecule has 4 nitrogen and oxygen atoms in total. The molecule has 0 radical (unpaired) electrons. The van der Waals surface area contributed by atoms with E-state index in [9.17, 15) is 4.79 Å². The standard InChI is InChI=1S/C24H34N2O2/c1-4-5-14-20-23(19-13-9-10-15-21(19)28-3)22(24(25)27)17(2)26(20)16-18-11-7-6-8-12-18/h9-10,13,15,18H,4-8,11-12,14,16H2,1-3H3,(H2,25,27). The van der Waals surface area contributed by atoms with Crippen LogP contribution in [0.4, 0.5) is 0 Å². The van der Waals surface area contributed by atoms with E-state index < -0.39 is 0 Å². The molecule has 152 valence electrons. The summed E-state index contributed by atoms with van der Waals surface area (Å²) in [6.45, 7) is 5.25. The second kappa shape index (κ2) is 9.31. The van der Waals surface area contributed by atoms with Crippen LogP contribution in [-0.2, 0) is 13.0 Å². The fourth-order valence-corrected chi connectivity index (χ4v) is 4.72. The molecule has 0 saturated heterocycles. The number of methoxy groups -OCH3 is 1. The Balaban J connectivity index is 2.17. The molecule has 1 saturated carbocycles. The van der Waals surface area contributed by atoms with E-state index in [-0.39, 0.29) is 5.91 Å². The van der Waals surface area contributed by atoms with Crippen molar-refractivity contribution >= 4 is 5.91 Å². The number of primary amides is 1. The fourth-order valence-electron chi connectivity index (χ4n) is 4.72. The van der Waals surface area contributed by atoms with Gasteiger partial charge in [-0.1, -0.05) is 50.8 Å². The molecule has 1 aliphatic carbocycles. The summed E-state index contributed by atoms with van der Waals surface area (Å²) in [6, 6.07) is 7.96. The number of carbonyl (C=O) groups is 1. The van der Waals surface area contributed by atoms with Crippen molar-refractivity contribution in [3.05, 3.63) is 41.2 Å². The normalized spacial score (nSPS) is 15.0. The topological polar surface area (TPSA) is 57.2 Å². The summed E-state index contributed by atoms with van der Waals surface area (Å²) in [5, 5.41) is 0. The van der Waals surface area contributed by atoms with Gasteiger partial charge >= 0.3 is 0 Å². The Kier molecular flexibility index (Phi) is 6.82. The molecule has 3 rings (SSSR count). The monoisotopic (exact) mass is 382 g/mol. The summed E-state index contributed by atoms with van der Waals surface area (Å²) < 4.78 is 8.03. The van der Waals surface area contributed by atoms with E-state index >= 15 is 0 Å². The maximum Gasteiger partial charge on any atom is 0.251 e. The van der Waals surface area contributed by atoms with Gasteiger partial charge in [0.2, 0.25) is 0 Å². The zero-order valence-electron chi connectivity index (χ0n) is 17.6. The maximum atomic E-state index is 12.5. The lowest BCUT2D eigenvalue weighted by Crippen LogP contribution is -2.18. The average molecular weight is 383 g/mol. The largest absolute Gasteiger partial charge is 0.496 e. The number of nitrogens with two attached hydrogens (primary N) is 1. The first-order chi connectivity index (χ1) is 13.6. The Bertz CT molecular complexity index is 816. The van der Waals surface area contributed by atoms with E-state index in [4.69, 9.17) is 10.5 Å². The van der Waals surface area contributed by atoms with E-state index in [2.05, 4.69) is 18.4 Å². The molecular formula is C24H34N2O2. The number of ether oxygens (including phenoxy) is 1. The third kappa shape index (κ3) is 4.11. The molecular weight excluding hydrogens is 348 g/mol. The lowest BCUT2D eigenvalue weighted by molar-refractivity contribution is 0.1000. The molecule has 2 aromatic rings. The van der Waals surface area contributed by atoms with Gasteiger partial charge in [-0.2, -0.15) is 0 Å². The van der Waals surface area contributed by atoms with Crippen LogP contribution >= 0.6 is 0 Å². The van der Waals surface area contributed by atoms with Crippen LogP contribution in [0.3, 0.4) is 0 Å². The van der Waals surface area contributed by atoms with E-state index in [0.717, 1.165) is 48.4 Å². The lowest BCUT2D eigenvalue weighted by Gasteiger charge is -2.24. The Morgan fingerprint density at radius 1 is 1.21 bits per heavy atom. The molecule has 0 aliphatic heterocycles. The molecule has 0 atom stereocenters. The van der Waals surface area contributed by atoms with Gasteiger partial charge < -0.3 is 15.0 Å². The minimum atomic E-state index is -0.349. The molecule has 1 heterocycles. The van der Waals surface area contributed by atoms with E-state index in [1.165, 1.54) is 37.8 Å². The third-order valence-electron chi connectivity index (χ3n) is 6.19. The molecule has 4 heteroatoms. The summed E-state index contributed by atoms with van der Waals surface area (Å²) in [5.41, 5.74) is 10.7. The third-order valence-corrected chi connectivity index (χ3v) is 6.19. The second-order valence-electron chi connectivity index (χ2n) is 8.06. The van der Waals surface area contributed by atoms with Crippen LogP contribution < -0.4 is 10.5 Å². The predicted octanol–water partition coefficient (Wildman–Crippen LogP) is 5.49. The number of benzene rings is 1. The zero-order chi connectivity index (χ0) is 20.1. The predicted molar refractivity (Wildman–Crippen MR) is 115 cm³/mol. The summed E-state index contributed by atoms with van der Waals surface area (Å²) in [5.74, 6) is 1.13. The number of carbonyl (C=O) groups excluding carboxylic acids is 1. The number of nitrogens with zero attached hydrogens (tertiary/aromatic N) is 1. The van der Waals surface area contributed by atoms with Crippen molar-refractivity contribution < 1.29 is 9.53 Å². The van der Waals surface area contributed by atoms with Gasteiger partial charge in [0.25, 0.3) is 5.91 Å².